The fraction of sp³-hybridized carbons (Fsp3) is 0.702. The Morgan fingerprint density at radius 3 is 2.24 bits per heavy atom. The second-order valence-corrected chi connectivity index (χ2v) is 15.9. The largest absolute Gasteiger partial charge is 0.457 e. The highest BCUT2D eigenvalue weighted by atomic mass is 16.7. The minimum Gasteiger partial charge on any atom is -0.457 e. The molecule has 328 valence electrons. The van der Waals surface area contributed by atoms with Gasteiger partial charge < -0.3 is 42.6 Å². The first-order valence-electron chi connectivity index (χ1n) is 21.6. The predicted octanol–water partition coefficient (Wildman–Crippen LogP) is 9.54. The Hall–Kier alpha value is -2.90. The molecule has 0 radical (unpaired) electrons. The average molecular weight is 815 g/mol. The molecule has 1 aromatic carbocycles. The van der Waals surface area contributed by atoms with E-state index in [1.807, 2.05) is 92.7 Å². The fourth-order valence-corrected chi connectivity index (χ4v) is 7.69. The molecule has 0 amide bonds. The van der Waals surface area contributed by atoms with Crippen LogP contribution in [0, 0.1) is 17.8 Å². The van der Waals surface area contributed by atoms with Gasteiger partial charge in [-0.2, -0.15) is 0 Å². The highest BCUT2D eigenvalue weighted by Gasteiger charge is 2.46. The van der Waals surface area contributed by atoms with Crippen LogP contribution in [0.1, 0.15) is 126 Å². The van der Waals surface area contributed by atoms with Crippen LogP contribution < -0.4 is 0 Å². The van der Waals surface area contributed by atoms with Gasteiger partial charge in [0.05, 0.1) is 36.4 Å². The summed E-state index contributed by atoms with van der Waals surface area (Å²) < 4.78 is 54.8. The number of carbonyl (C=O) groups is 2. The van der Waals surface area contributed by atoms with Crippen molar-refractivity contribution in [3.8, 4) is 0 Å². The molecule has 0 bridgehead atoms. The Bertz CT molecular complexity index is 1440. The Kier molecular flexibility index (Phi) is 21.3. The molecular formula is C47H74O11. The number of cyclic esters (lactones) is 1. The van der Waals surface area contributed by atoms with Crippen molar-refractivity contribution in [1.29, 1.82) is 0 Å². The van der Waals surface area contributed by atoms with Crippen LogP contribution in [0.4, 0.5) is 0 Å². The molecule has 2 heterocycles. The van der Waals surface area contributed by atoms with Crippen molar-refractivity contribution in [3.05, 3.63) is 71.8 Å². The highest BCUT2D eigenvalue weighted by molar-refractivity contribution is 5.89. The van der Waals surface area contributed by atoms with E-state index in [1.165, 1.54) is 0 Å². The third kappa shape index (κ3) is 16.3. The third-order valence-corrected chi connectivity index (χ3v) is 10.9. The van der Waals surface area contributed by atoms with E-state index in [2.05, 4.69) is 26.8 Å². The fourth-order valence-electron chi connectivity index (χ4n) is 7.69. The van der Waals surface area contributed by atoms with Gasteiger partial charge in [-0.05, 0) is 111 Å². The van der Waals surface area contributed by atoms with Gasteiger partial charge in [-0.15, -0.1) is 0 Å². The van der Waals surface area contributed by atoms with Crippen molar-refractivity contribution in [2.75, 3.05) is 19.8 Å². The minimum atomic E-state index is -1.05. The number of esters is 2. The van der Waals surface area contributed by atoms with E-state index >= 15 is 0 Å². The van der Waals surface area contributed by atoms with Crippen molar-refractivity contribution in [2.45, 2.75) is 176 Å². The summed E-state index contributed by atoms with van der Waals surface area (Å²) in [6.07, 6.45) is 9.59. The quantitative estimate of drug-likeness (QED) is 0.0366. The monoisotopic (exact) mass is 815 g/mol. The smallest absolute Gasteiger partial charge is 0.338 e. The standard InChI is InChI=1S/C47H74O11/c1-13-40(54-36(10)51-15-3)34(8)45-41(55-45)29-31(5)21-20-22-32(6)44-33(7)25-26-42(56-46(49)38-23-18-17-19-24-38)47(12,58-37(11)52-16-4)28-27-39(30-43(48)57-44)53-35(9)50-14-2/h17-26,31,33-37,39-42,44-45H,13-16,27-30H2,1-12H3/b21-20+,26-25+,32-22+. The van der Waals surface area contributed by atoms with Gasteiger partial charge in [0.2, 0.25) is 0 Å². The molecule has 3 rings (SSSR count). The molecular weight excluding hydrogens is 741 g/mol. The maximum Gasteiger partial charge on any atom is 0.338 e. The Balaban J connectivity index is 1.87. The summed E-state index contributed by atoms with van der Waals surface area (Å²) in [4.78, 5) is 27.3. The first kappa shape index (κ1) is 49.5. The third-order valence-electron chi connectivity index (χ3n) is 10.9. The molecule has 13 unspecified atom stereocenters. The summed E-state index contributed by atoms with van der Waals surface area (Å²) in [5.74, 6) is -0.629. The molecule has 11 nitrogen and oxygen atoms in total. The lowest BCUT2D eigenvalue weighted by molar-refractivity contribution is -0.225. The van der Waals surface area contributed by atoms with Gasteiger partial charge in [-0.1, -0.05) is 70.2 Å². The molecule has 2 aliphatic rings. The first-order chi connectivity index (χ1) is 27.6. The van der Waals surface area contributed by atoms with Gasteiger partial charge in [-0.25, -0.2) is 4.79 Å². The molecule has 0 aliphatic carbocycles. The van der Waals surface area contributed by atoms with E-state index in [4.69, 9.17) is 42.6 Å². The summed E-state index contributed by atoms with van der Waals surface area (Å²) in [5.41, 5.74) is 0.245. The van der Waals surface area contributed by atoms with Gasteiger partial charge in [0.25, 0.3) is 0 Å². The van der Waals surface area contributed by atoms with Crippen LogP contribution >= 0.6 is 0 Å². The van der Waals surface area contributed by atoms with Crippen molar-refractivity contribution in [2.24, 2.45) is 17.8 Å². The van der Waals surface area contributed by atoms with Crippen LogP contribution in [0.2, 0.25) is 0 Å². The van der Waals surface area contributed by atoms with E-state index in [-0.39, 0.29) is 54.7 Å². The SMILES string of the molecule is CCOC(C)OC1CCC(C)(OC(C)OCC)C(OC(=O)c2ccccc2)/C=C/C(C)C(/C(C)=C/C=C/C(C)CC2OC2C(C)C(CC)OC(C)OCC)OC(=O)C1. The second kappa shape index (κ2) is 25.0. The van der Waals surface area contributed by atoms with Crippen LogP contribution in [0.25, 0.3) is 0 Å². The number of epoxide rings is 1. The predicted molar refractivity (Wildman–Crippen MR) is 225 cm³/mol. The molecule has 11 heteroatoms. The summed E-state index contributed by atoms with van der Waals surface area (Å²) in [6.45, 7) is 25.2. The topological polar surface area (TPSA) is 121 Å². The summed E-state index contributed by atoms with van der Waals surface area (Å²) >= 11 is 0. The molecule has 13 atom stereocenters. The lowest BCUT2D eigenvalue weighted by Crippen LogP contribution is -2.47. The van der Waals surface area contributed by atoms with Gasteiger partial charge in [0.15, 0.2) is 18.9 Å². The maximum absolute atomic E-state index is 13.7. The minimum absolute atomic E-state index is 0.00547. The molecule has 0 N–H and O–H groups in total. The number of carbonyl (C=O) groups excluding carboxylic acids is 2. The van der Waals surface area contributed by atoms with E-state index in [9.17, 15) is 9.59 Å². The van der Waals surface area contributed by atoms with E-state index in [0.29, 0.717) is 38.2 Å². The van der Waals surface area contributed by atoms with Crippen LogP contribution in [0.3, 0.4) is 0 Å². The maximum atomic E-state index is 13.7. The summed E-state index contributed by atoms with van der Waals surface area (Å²) in [7, 11) is 0. The molecule has 1 fully saturated rings. The van der Waals surface area contributed by atoms with Gasteiger partial charge in [0.1, 0.15) is 17.8 Å². The van der Waals surface area contributed by atoms with Crippen LogP contribution in [-0.4, -0.2) is 92.9 Å². The second-order valence-electron chi connectivity index (χ2n) is 15.9. The normalized spacial score (nSPS) is 29.6. The molecule has 0 saturated carbocycles. The highest BCUT2D eigenvalue weighted by Crippen LogP contribution is 2.38. The number of hydrogen-bond acceptors (Lipinski definition) is 11. The molecule has 58 heavy (non-hydrogen) atoms. The molecule has 0 spiro atoms. The Morgan fingerprint density at radius 2 is 1.59 bits per heavy atom. The Morgan fingerprint density at radius 1 is 0.931 bits per heavy atom. The summed E-state index contributed by atoms with van der Waals surface area (Å²) in [5, 5.41) is 0. The van der Waals surface area contributed by atoms with Gasteiger partial charge in [-0.3, -0.25) is 4.79 Å². The Labute approximate surface area is 349 Å². The average Bonchev–Trinajstić information content (AvgIpc) is 3.95. The molecule has 1 aromatic rings. The van der Waals surface area contributed by atoms with Crippen molar-refractivity contribution < 1.29 is 52.2 Å². The van der Waals surface area contributed by atoms with E-state index < -0.39 is 42.5 Å². The van der Waals surface area contributed by atoms with Crippen molar-refractivity contribution in [1.82, 2.24) is 0 Å². The van der Waals surface area contributed by atoms with E-state index in [0.717, 1.165) is 18.4 Å². The van der Waals surface area contributed by atoms with Crippen molar-refractivity contribution >= 4 is 11.9 Å². The zero-order valence-corrected chi connectivity index (χ0v) is 37.3. The van der Waals surface area contributed by atoms with Crippen LogP contribution in [-0.2, 0) is 47.4 Å². The zero-order chi connectivity index (χ0) is 42.8. The molecule has 0 aromatic heterocycles. The van der Waals surface area contributed by atoms with Gasteiger partial charge >= 0.3 is 11.9 Å². The number of rotatable bonds is 22. The molecule has 1 saturated heterocycles. The number of benzene rings is 1. The van der Waals surface area contributed by atoms with Gasteiger partial charge in [0, 0.05) is 31.7 Å². The number of hydrogen-bond donors (Lipinski definition) is 0. The molecule has 2 aliphatic heterocycles. The first-order valence-corrected chi connectivity index (χ1v) is 21.6. The lowest BCUT2D eigenvalue weighted by atomic mass is 9.88. The lowest BCUT2D eigenvalue weighted by Gasteiger charge is -2.39. The van der Waals surface area contributed by atoms with E-state index in [1.54, 1.807) is 24.3 Å². The van der Waals surface area contributed by atoms with Crippen LogP contribution in [0.15, 0.2) is 66.3 Å². The number of allylic oxidation sites excluding steroid dienone is 3. The zero-order valence-electron chi connectivity index (χ0n) is 37.3. The van der Waals surface area contributed by atoms with Crippen molar-refractivity contribution in [3.63, 3.8) is 0 Å². The van der Waals surface area contributed by atoms with Crippen LogP contribution in [0.5, 0.6) is 0 Å². The summed E-state index contributed by atoms with van der Waals surface area (Å²) in [6, 6.07) is 8.90. The number of ether oxygens (including phenoxy) is 9.